The van der Waals surface area contributed by atoms with Gasteiger partial charge in [-0.1, -0.05) is 12.1 Å². The third-order valence-electron chi connectivity index (χ3n) is 4.37. The number of para-hydroxylation sites is 1. The molecule has 1 aromatic heterocycles. The number of carbonyl (C=O) groups is 2. The van der Waals surface area contributed by atoms with E-state index in [-0.39, 0.29) is 6.42 Å². The molecule has 3 aromatic rings. The van der Waals surface area contributed by atoms with Crippen LogP contribution in [0.5, 0.6) is 11.5 Å². The summed E-state index contributed by atoms with van der Waals surface area (Å²) in [5.74, 6) is 0.377. The van der Waals surface area contributed by atoms with Gasteiger partial charge in [-0.3, -0.25) is 9.59 Å². The summed E-state index contributed by atoms with van der Waals surface area (Å²) < 4.78 is 17.3. The number of ether oxygens (including phenoxy) is 3. The van der Waals surface area contributed by atoms with Crippen LogP contribution in [-0.2, 0) is 20.7 Å². The number of carbonyl (C=O) groups excluding carboxylic acids is 2. The van der Waals surface area contributed by atoms with Crippen LogP contribution < -0.4 is 14.8 Å². The van der Waals surface area contributed by atoms with Gasteiger partial charge in [0.25, 0.3) is 5.91 Å². The summed E-state index contributed by atoms with van der Waals surface area (Å²) in [6, 6.07) is 13.0. The van der Waals surface area contributed by atoms with Crippen molar-refractivity contribution in [1.29, 1.82) is 0 Å². The van der Waals surface area contributed by atoms with Gasteiger partial charge < -0.3 is 19.5 Å². The maximum absolute atomic E-state index is 12.3. The molecule has 0 spiro atoms. The Kier molecular flexibility index (Phi) is 5.62. The van der Waals surface area contributed by atoms with Crippen LogP contribution in [-0.4, -0.2) is 36.2 Å². The summed E-state index contributed by atoms with van der Waals surface area (Å²) in [6.45, 7) is 2.51. The minimum Gasteiger partial charge on any atom is -0.486 e. The van der Waals surface area contributed by atoms with Crippen LogP contribution in [0, 0.1) is 0 Å². The predicted molar refractivity (Wildman–Crippen MR) is 110 cm³/mol. The van der Waals surface area contributed by atoms with Gasteiger partial charge in [0, 0.05) is 18.2 Å². The van der Waals surface area contributed by atoms with Crippen molar-refractivity contribution in [2.45, 2.75) is 25.9 Å². The largest absolute Gasteiger partial charge is 0.486 e. The number of thiazole rings is 1. The Morgan fingerprint density at radius 1 is 1.17 bits per heavy atom. The summed E-state index contributed by atoms with van der Waals surface area (Å²) in [5.41, 5.74) is 1.48. The van der Waals surface area contributed by atoms with Crippen LogP contribution in [0.25, 0.3) is 10.2 Å². The first kappa shape index (κ1) is 19.2. The highest BCUT2D eigenvalue weighted by molar-refractivity contribution is 7.18. The molecule has 0 saturated heterocycles. The number of fused-ring (bicyclic) bond motifs is 2. The fourth-order valence-electron chi connectivity index (χ4n) is 2.91. The Balaban J connectivity index is 1.28. The number of rotatable bonds is 6. The zero-order valence-electron chi connectivity index (χ0n) is 15.8. The van der Waals surface area contributed by atoms with E-state index in [4.69, 9.17) is 14.2 Å². The number of aromatic nitrogens is 1. The lowest BCUT2D eigenvalue weighted by atomic mass is 10.2. The van der Waals surface area contributed by atoms with Crippen LogP contribution in [0.4, 0.5) is 5.69 Å². The zero-order chi connectivity index (χ0) is 20.2. The molecule has 150 valence electrons. The first-order valence-corrected chi connectivity index (χ1v) is 10.1. The van der Waals surface area contributed by atoms with E-state index in [2.05, 4.69) is 10.3 Å². The third-order valence-corrected chi connectivity index (χ3v) is 5.46. The van der Waals surface area contributed by atoms with Gasteiger partial charge in [-0.15, -0.1) is 11.3 Å². The summed E-state index contributed by atoms with van der Waals surface area (Å²) >= 11 is 1.56. The van der Waals surface area contributed by atoms with Crippen LogP contribution in [0.3, 0.4) is 0 Å². The predicted octanol–water partition coefficient (Wildman–Crippen LogP) is 3.57. The molecule has 0 aliphatic carbocycles. The van der Waals surface area contributed by atoms with Gasteiger partial charge in [0.05, 0.1) is 21.6 Å². The van der Waals surface area contributed by atoms with Crippen molar-refractivity contribution in [3.63, 3.8) is 0 Å². The summed E-state index contributed by atoms with van der Waals surface area (Å²) in [7, 11) is 0. The molecule has 0 radical (unpaired) electrons. The Labute approximate surface area is 171 Å². The molecular weight excluding hydrogens is 392 g/mol. The number of aryl methyl sites for hydroxylation is 1. The quantitative estimate of drug-likeness (QED) is 0.623. The van der Waals surface area contributed by atoms with Crippen molar-refractivity contribution in [1.82, 2.24) is 4.98 Å². The molecule has 2 aromatic carbocycles. The standard InChI is InChI=1S/C21H20N2O5S/c1-13(21(25)22-14-6-7-16-17(12-14)27-11-10-26-16)28-20(24)9-8-19-23-15-4-2-3-5-18(15)29-19/h2-7,12-13H,8-11H2,1H3,(H,22,25)/t13-/m1/s1. The average molecular weight is 412 g/mol. The fourth-order valence-corrected chi connectivity index (χ4v) is 3.88. The summed E-state index contributed by atoms with van der Waals surface area (Å²) in [4.78, 5) is 29.0. The van der Waals surface area contributed by atoms with Crippen molar-refractivity contribution >= 4 is 39.1 Å². The number of nitrogens with zero attached hydrogens (tertiary/aromatic N) is 1. The van der Waals surface area contributed by atoms with Gasteiger partial charge in [-0.05, 0) is 31.2 Å². The van der Waals surface area contributed by atoms with Crippen LogP contribution in [0.15, 0.2) is 42.5 Å². The normalized spacial score (nSPS) is 13.7. The Morgan fingerprint density at radius 3 is 2.79 bits per heavy atom. The first-order chi connectivity index (χ1) is 14.1. The molecule has 0 unspecified atom stereocenters. The number of amides is 1. The number of esters is 1. The summed E-state index contributed by atoms with van der Waals surface area (Å²) in [6.07, 6.45) is -0.262. The Morgan fingerprint density at radius 2 is 1.97 bits per heavy atom. The summed E-state index contributed by atoms with van der Waals surface area (Å²) in [5, 5.41) is 3.60. The van der Waals surface area contributed by atoms with Crippen molar-refractivity contribution < 1.29 is 23.8 Å². The van der Waals surface area contributed by atoms with E-state index in [0.717, 1.165) is 15.2 Å². The van der Waals surface area contributed by atoms with Gasteiger partial charge in [0.15, 0.2) is 17.6 Å². The van der Waals surface area contributed by atoms with E-state index in [1.54, 1.807) is 36.5 Å². The van der Waals surface area contributed by atoms with E-state index in [9.17, 15) is 9.59 Å². The minimum absolute atomic E-state index is 0.168. The molecule has 1 amide bonds. The first-order valence-electron chi connectivity index (χ1n) is 9.33. The Bertz CT molecular complexity index is 1020. The number of hydrogen-bond donors (Lipinski definition) is 1. The number of nitrogens with one attached hydrogen (secondary N) is 1. The molecule has 1 aliphatic heterocycles. The Hall–Kier alpha value is -3.13. The molecule has 4 rings (SSSR count). The second-order valence-corrected chi connectivity index (χ2v) is 7.67. The molecule has 29 heavy (non-hydrogen) atoms. The highest BCUT2D eigenvalue weighted by Gasteiger charge is 2.19. The lowest BCUT2D eigenvalue weighted by Gasteiger charge is -2.19. The molecule has 0 bridgehead atoms. The lowest BCUT2D eigenvalue weighted by molar-refractivity contribution is -0.153. The minimum atomic E-state index is -0.911. The zero-order valence-corrected chi connectivity index (χ0v) is 16.7. The molecule has 0 fully saturated rings. The molecular formula is C21H20N2O5S. The van der Waals surface area contributed by atoms with Gasteiger partial charge in [0.1, 0.15) is 13.2 Å². The van der Waals surface area contributed by atoms with Crippen molar-refractivity contribution in [2.75, 3.05) is 18.5 Å². The molecule has 1 atom stereocenters. The highest BCUT2D eigenvalue weighted by Crippen LogP contribution is 2.32. The SMILES string of the molecule is C[C@@H](OC(=O)CCc1nc2ccccc2s1)C(=O)Nc1ccc2c(c1)OCCO2. The van der Waals surface area contributed by atoms with Crippen molar-refractivity contribution in [3.8, 4) is 11.5 Å². The number of anilines is 1. The highest BCUT2D eigenvalue weighted by atomic mass is 32.1. The molecule has 0 saturated carbocycles. The lowest BCUT2D eigenvalue weighted by Crippen LogP contribution is -2.30. The maximum Gasteiger partial charge on any atom is 0.306 e. The molecule has 2 heterocycles. The second kappa shape index (κ2) is 8.48. The molecule has 7 nitrogen and oxygen atoms in total. The van der Waals surface area contributed by atoms with Crippen molar-refractivity contribution in [3.05, 3.63) is 47.5 Å². The second-order valence-electron chi connectivity index (χ2n) is 6.56. The molecule has 1 aliphatic rings. The van der Waals surface area contributed by atoms with Crippen molar-refractivity contribution in [2.24, 2.45) is 0 Å². The van der Waals surface area contributed by atoms with Gasteiger partial charge >= 0.3 is 5.97 Å². The average Bonchev–Trinajstić information content (AvgIpc) is 3.15. The van der Waals surface area contributed by atoms with E-state index >= 15 is 0 Å². The third kappa shape index (κ3) is 4.65. The van der Waals surface area contributed by atoms with Gasteiger partial charge in [-0.25, -0.2) is 4.98 Å². The number of hydrogen-bond acceptors (Lipinski definition) is 7. The maximum atomic E-state index is 12.3. The van der Waals surface area contributed by atoms with E-state index in [1.807, 2.05) is 24.3 Å². The number of benzene rings is 2. The smallest absolute Gasteiger partial charge is 0.306 e. The van der Waals surface area contributed by atoms with Crippen LogP contribution in [0.1, 0.15) is 18.4 Å². The van der Waals surface area contributed by atoms with Gasteiger partial charge in [-0.2, -0.15) is 0 Å². The topological polar surface area (TPSA) is 86.8 Å². The fraction of sp³-hybridized carbons (Fsp3) is 0.286. The van der Waals surface area contributed by atoms with E-state index < -0.39 is 18.0 Å². The molecule has 1 N–H and O–H groups in total. The van der Waals surface area contributed by atoms with E-state index in [1.165, 1.54) is 0 Å². The van der Waals surface area contributed by atoms with Crippen LogP contribution in [0.2, 0.25) is 0 Å². The molecule has 8 heteroatoms. The van der Waals surface area contributed by atoms with E-state index in [0.29, 0.717) is 36.8 Å². The van der Waals surface area contributed by atoms with Crippen LogP contribution >= 0.6 is 11.3 Å². The van der Waals surface area contributed by atoms with Gasteiger partial charge in [0.2, 0.25) is 0 Å². The monoisotopic (exact) mass is 412 g/mol.